The molecule has 0 bridgehead atoms. The molecule has 1 saturated heterocycles. The second-order valence-electron chi connectivity index (χ2n) is 10.2. The Morgan fingerprint density at radius 2 is 1.77 bits per heavy atom. The molecule has 0 aromatic heterocycles. The highest BCUT2D eigenvalue weighted by Crippen LogP contribution is 2.31. The molecule has 1 aromatic rings. The standard InChI is InChI=1S/C24H36FNO5/c1-23(2,3)30-21(28)20(14-16-7-8-19(25)13-17(16)10-12-27)18-9-11-26(15-18)22(29)31-24(4,5)6/h7-8,13,18,20,27H,9-12,14-15H2,1-6H3/t18-,20-/m0/s1. The predicted molar refractivity (Wildman–Crippen MR) is 116 cm³/mol. The van der Waals surface area contributed by atoms with Crippen LogP contribution in [-0.4, -0.2) is 53.0 Å². The number of carbonyl (C=O) groups excluding carboxylic acids is 2. The summed E-state index contributed by atoms with van der Waals surface area (Å²) in [5.41, 5.74) is 0.253. The van der Waals surface area contributed by atoms with Crippen molar-refractivity contribution in [3.05, 3.63) is 35.1 Å². The van der Waals surface area contributed by atoms with Gasteiger partial charge in [0.15, 0.2) is 0 Å². The first-order valence-electron chi connectivity index (χ1n) is 10.9. The minimum atomic E-state index is -0.643. The fraction of sp³-hybridized carbons (Fsp3) is 0.667. The van der Waals surface area contributed by atoms with E-state index in [0.717, 1.165) is 5.56 Å². The zero-order valence-corrected chi connectivity index (χ0v) is 19.5. The van der Waals surface area contributed by atoms with Gasteiger partial charge in [-0.1, -0.05) is 6.07 Å². The summed E-state index contributed by atoms with van der Waals surface area (Å²) in [6.07, 6.45) is 0.931. The molecular formula is C24H36FNO5. The molecule has 1 fully saturated rings. The van der Waals surface area contributed by atoms with Crippen molar-refractivity contribution in [1.82, 2.24) is 4.90 Å². The van der Waals surface area contributed by atoms with Gasteiger partial charge in [0.2, 0.25) is 0 Å². The first kappa shape index (κ1) is 25.1. The van der Waals surface area contributed by atoms with Crippen molar-refractivity contribution in [1.29, 1.82) is 0 Å². The van der Waals surface area contributed by atoms with E-state index in [4.69, 9.17) is 9.47 Å². The van der Waals surface area contributed by atoms with Gasteiger partial charge in [0.25, 0.3) is 0 Å². The summed E-state index contributed by atoms with van der Waals surface area (Å²) in [4.78, 5) is 27.2. The summed E-state index contributed by atoms with van der Waals surface area (Å²) in [5.74, 6) is -1.30. The Bertz CT molecular complexity index is 781. The van der Waals surface area contributed by atoms with Crippen LogP contribution in [0.5, 0.6) is 0 Å². The van der Waals surface area contributed by atoms with Crippen LogP contribution in [0, 0.1) is 17.7 Å². The Morgan fingerprint density at radius 3 is 2.35 bits per heavy atom. The molecular weight excluding hydrogens is 401 g/mol. The Labute approximate surface area is 184 Å². The molecule has 2 rings (SSSR count). The lowest BCUT2D eigenvalue weighted by atomic mass is 9.84. The summed E-state index contributed by atoms with van der Waals surface area (Å²) < 4.78 is 24.9. The Balaban J connectivity index is 2.24. The molecule has 174 valence electrons. The van der Waals surface area contributed by atoms with Gasteiger partial charge in [0.1, 0.15) is 17.0 Å². The minimum absolute atomic E-state index is 0.102. The smallest absolute Gasteiger partial charge is 0.410 e. The summed E-state index contributed by atoms with van der Waals surface area (Å²) in [6, 6.07) is 4.43. The molecule has 1 heterocycles. The van der Waals surface area contributed by atoms with Crippen LogP contribution in [0.15, 0.2) is 18.2 Å². The van der Waals surface area contributed by atoms with Crippen LogP contribution < -0.4 is 0 Å². The number of rotatable bonds is 6. The average Bonchev–Trinajstić information content (AvgIpc) is 3.08. The minimum Gasteiger partial charge on any atom is -0.460 e. The van der Waals surface area contributed by atoms with Crippen LogP contribution in [-0.2, 0) is 27.1 Å². The summed E-state index contributed by atoms with van der Waals surface area (Å²) in [6.45, 7) is 11.7. The van der Waals surface area contributed by atoms with Crippen molar-refractivity contribution < 1.29 is 28.6 Å². The SMILES string of the molecule is CC(C)(C)OC(=O)[C@@H](Cc1ccc(F)cc1CCO)[C@H]1CCN(C(=O)OC(C)(C)C)C1. The monoisotopic (exact) mass is 437 g/mol. The van der Waals surface area contributed by atoms with Crippen LogP contribution in [0.2, 0.25) is 0 Å². The van der Waals surface area contributed by atoms with Gasteiger partial charge in [-0.3, -0.25) is 4.79 Å². The van der Waals surface area contributed by atoms with Crippen molar-refractivity contribution in [2.24, 2.45) is 11.8 Å². The third-order valence-electron chi connectivity index (χ3n) is 5.14. The largest absolute Gasteiger partial charge is 0.460 e. The number of aliphatic hydroxyl groups excluding tert-OH is 1. The number of hydrogen-bond acceptors (Lipinski definition) is 5. The first-order valence-corrected chi connectivity index (χ1v) is 10.9. The van der Waals surface area contributed by atoms with Gasteiger partial charge < -0.3 is 19.5 Å². The molecule has 0 spiro atoms. The van der Waals surface area contributed by atoms with Crippen LogP contribution in [0.3, 0.4) is 0 Å². The van der Waals surface area contributed by atoms with E-state index < -0.39 is 17.1 Å². The molecule has 1 aliphatic heterocycles. The van der Waals surface area contributed by atoms with E-state index in [1.54, 1.807) is 11.0 Å². The fourth-order valence-corrected chi connectivity index (χ4v) is 3.81. The summed E-state index contributed by atoms with van der Waals surface area (Å²) in [7, 11) is 0. The number of benzene rings is 1. The molecule has 1 N–H and O–H groups in total. The van der Waals surface area contributed by atoms with Gasteiger partial charge >= 0.3 is 12.1 Å². The number of ether oxygens (including phenoxy) is 2. The number of amides is 1. The van der Waals surface area contributed by atoms with E-state index in [0.29, 0.717) is 37.9 Å². The van der Waals surface area contributed by atoms with E-state index >= 15 is 0 Å². The summed E-state index contributed by atoms with van der Waals surface area (Å²) >= 11 is 0. The fourth-order valence-electron chi connectivity index (χ4n) is 3.81. The van der Waals surface area contributed by atoms with E-state index in [9.17, 15) is 19.1 Å². The van der Waals surface area contributed by atoms with Gasteiger partial charge in [-0.2, -0.15) is 0 Å². The number of likely N-dealkylation sites (tertiary alicyclic amines) is 1. The second kappa shape index (κ2) is 9.98. The maximum atomic E-state index is 13.7. The Morgan fingerprint density at radius 1 is 1.13 bits per heavy atom. The number of nitrogens with zero attached hydrogens (tertiary/aromatic N) is 1. The van der Waals surface area contributed by atoms with Crippen molar-refractivity contribution in [3.63, 3.8) is 0 Å². The molecule has 0 radical (unpaired) electrons. The van der Waals surface area contributed by atoms with E-state index in [1.165, 1.54) is 12.1 Å². The van der Waals surface area contributed by atoms with Crippen LogP contribution in [0.25, 0.3) is 0 Å². The summed E-state index contributed by atoms with van der Waals surface area (Å²) in [5, 5.41) is 9.36. The molecule has 2 atom stereocenters. The van der Waals surface area contributed by atoms with Gasteiger partial charge in [-0.15, -0.1) is 0 Å². The third kappa shape index (κ3) is 7.80. The van der Waals surface area contributed by atoms with Crippen molar-refractivity contribution in [3.8, 4) is 0 Å². The van der Waals surface area contributed by atoms with Gasteiger partial charge in [0, 0.05) is 19.7 Å². The maximum absolute atomic E-state index is 13.7. The van der Waals surface area contributed by atoms with E-state index in [1.807, 2.05) is 41.5 Å². The number of esters is 1. The molecule has 1 aliphatic rings. The van der Waals surface area contributed by atoms with Crippen LogP contribution in [0.1, 0.15) is 59.1 Å². The second-order valence-corrected chi connectivity index (χ2v) is 10.2. The highest BCUT2D eigenvalue weighted by molar-refractivity contribution is 5.74. The zero-order chi connectivity index (χ0) is 23.4. The average molecular weight is 438 g/mol. The van der Waals surface area contributed by atoms with Gasteiger partial charge in [-0.25, -0.2) is 9.18 Å². The highest BCUT2D eigenvalue weighted by Gasteiger charge is 2.39. The van der Waals surface area contributed by atoms with Crippen molar-refractivity contribution in [2.75, 3.05) is 19.7 Å². The molecule has 0 aliphatic carbocycles. The van der Waals surface area contributed by atoms with Crippen molar-refractivity contribution in [2.45, 2.75) is 72.0 Å². The number of aliphatic hydroxyl groups is 1. The van der Waals surface area contributed by atoms with Crippen LogP contribution >= 0.6 is 0 Å². The third-order valence-corrected chi connectivity index (χ3v) is 5.14. The Hall–Kier alpha value is -2.15. The maximum Gasteiger partial charge on any atom is 0.410 e. The lowest BCUT2D eigenvalue weighted by Gasteiger charge is -2.28. The molecule has 0 saturated carbocycles. The zero-order valence-electron chi connectivity index (χ0n) is 19.5. The number of hydrogen-bond donors (Lipinski definition) is 1. The molecule has 31 heavy (non-hydrogen) atoms. The Kier molecular flexibility index (Phi) is 8.09. The molecule has 6 nitrogen and oxygen atoms in total. The van der Waals surface area contributed by atoms with E-state index in [-0.39, 0.29) is 30.4 Å². The lowest BCUT2D eigenvalue weighted by Crippen LogP contribution is -2.38. The topological polar surface area (TPSA) is 76.1 Å². The molecule has 7 heteroatoms. The van der Waals surface area contributed by atoms with Gasteiger partial charge in [-0.05, 0) is 90.0 Å². The first-order chi connectivity index (χ1) is 14.3. The van der Waals surface area contributed by atoms with E-state index in [2.05, 4.69) is 0 Å². The normalized spacial score (nSPS) is 18.1. The number of carbonyl (C=O) groups is 2. The van der Waals surface area contributed by atoms with Crippen LogP contribution in [0.4, 0.5) is 9.18 Å². The highest BCUT2D eigenvalue weighted by atomic mass is 19.1. The lowest BCUT2D eigenvalue weighted by molar-refractivity contribution is -0.161. The molecule has 0 unspecified atom stereocenters. The molecule has 1 amide bonds. The predicted octanol–water partition coefficient (Wildman–Crippen LogP) is 4.12. The molecule has 1 aromatic carbocycles. The van der Waals surface area contributed by atoms with Crippen molar-refractivity contribution >= 4 is 12.1 Å². The quantitative estimate of drug-likeness (QED) is 0.678. The number of halogens is 1. The van der Waals surface area contributed by atoms with Gasteiger partial charge in [0.05, 0.1) is 5.92 Å².